The van der Waals surface area contributed by atoms with E-state index < -0.39 is 6.10 Å². The third kappa shape index (κ3) is 4.97. The zero-order valence-corrected chi connectivity index (χ0v) is 14.2. The number of nitrogens with zero attached hydrogens (tertiary/aromatic N) is 2. The number of ether oxygens (including phenoxy) is 1. The van der Waals surface area contributed by atoms with E-state index in [9.17, 15) is 5.11 Å². The average Bonchev–Trinajstić information content (AvgIpc) is 2.54. The quantitative estimate of drug-likeness (QED) is 0.840. The summed E-state index contributed by atoms with van der Waals surface area (Å²) in [6.45, 7) is 2.90. The summed E-state index contributed by atoms with van der Waals surface area (Å²) in [4.78, 5) is 4.71. The SMILES string of the molecule is COc1cccc(C(O)CN(C)CCC2CCCCN2C)c1. The van der Waals surface area contributed by atoms with Crippen molar-refractivity contribution in [3.8, 4) is 5.75 Å². The Hall–Kier alpha value is -1.10. The second kappa shape index (κ2) is 8.51. The van der Waals surface area contributed by atoms with Crippen molar-refractivity contribution < 1.29 is 9.84 Å². The predicted molar refractivity (Wildman–Crippen MR) is 90.3 cm³/mol. The molecule has 1 N–H and O–H groups in total. The van der Waals surface area contributed by atoms with Crippen LogP contribution in [0.1, 0.15) is 37.4 Å². The van der Waals surface area contributed by atoms with Crippen LogP contribution in [-0.4, -0.2) is 61.8 Å². The summed E-state index contributed by atoms with van der Waals surface area (Å²) in [5.74, 6) is 0.794. The first-order chi connectivity index (χ1) is 10.6. The fourth-order valence-corrected chi connectivity index (χ4v) is 3.22. The van der Waals surface area contributed by atoms with E-state index in [2.05, 4.69) is 23.9 Å². The van der Waals surface area contributed by atoms with Gasteiger partial charge in [-0.05, 0) is 64.1 Å². The summed E-state index contributed by atoms with van der Waals surface area (Å²) >= 11 is 0. The van der Waals surface area contributed by atoms with Gasteiger partial charge >= 0.3 is 0 Å². The van der Waals surface area contributed by atoms with Gasteiger partial charge in [0.05, 0.1) is 13.2 Å². The summed E-state index contributed by atoms with van der Waals surface area (Å²) in [5.41, 5.74) is 0.918. The number of benzene rings is 1. The summed E-state index contributed by atoms with van der Waals surface area (Å²) in [5, 5.41) is 10.4. The molecule has 1 saturated heterocycles. The predicted octanol–water partition coefficient (Wildman–Crippen LogP) is 2.53. The van der Waals surface area contributed by atoms with E-state index in [1.165, 1.54) is 32.2 Å². The third-order valence-electron chi connectivity index (χ3n) is 4.73. The van der Waals surface area contributed by atoms with Gasteiger partial charge in [-0.15, -0.1) is 0 Å². The topological polar surface area (TPSA) is 35.9 Å². The molecule has 2 atom stereocenters. The van der Waals surface area contributed by atoms with Gasteiger partial charge < -0.3 is 19.6 Å². The average molecular weight is 306 g/mol. The number of aliphatic hydroxyl groups is 1. The zero-order chi connectivity index (χ0) is 15.9. The number of methoxy groups -OCH3 is 1. The Kier molecular flexibility index (Phi) is 6.68. The van der Waals surface area contributed by atoms with E-state index in [-0.39, 0.29) is 0 Å². The molecule has 0 bridgehead atoms. The molecule has 2 unspecified atom stereocenters. The van der Waals surface area contributed by atoms with Gasteiger partial charge in [-0.25, -0.2) is 0 Å². The number of hydrogen-bond acceptors (Lipinski definition) is 4. The van der Waals surface area contributed by atoms with Crippen LogP contribution in [-0.2, 0) is 0 Å². The first-order valence-corrected chi connectivity index (χ1v) is 8.31. The fourth-order valence-electron chi connectivity index (χ4n) is 3.22. The highest BCUT2D eigenvalue weighted by atomic mass is 16.5. The van der Waals surface area contributed by atoms with E-state index in [1.807, 2.05) is 24.3 Å². The molecule has 124 valence electrons. The minimum atomic E-state index is -0.468. The second-order valence-corrected chi connectivity index (χ2v) is 6.47. The van der Waals surface area contributed by atoms with Crippen LogP contribution in [0.4, 0.5) is 0 Å². The van der Waals surface area contributed by atoms with Crippen molar-refractivity contribution in [2.45, 2.75) is 37.8 Å². The molecule has 0 aliphatic carbocycles. The molecule has 1 aromatic rings. The molecular formula is C18H30N2O2. The molecule has 1 aromatic carbocycles. The molecule has 0 radical (unpaired) electrons. The lowest BCUT2D eigenvalue weighted by Crippen LogP contribution is -2.39. The first kappa shape index (κ1) is 17.3. The highest BCUT2D eigenvalue weighted by Crippen LogP contribution is 2.21. The van der Waals surface area contributed by atoms with Gasteiger partial charge in [-0.2, -0.15) is 0 Å². The summed E-state index contributed by atoms with van der Waals surface area (Å²) in [6.07, 6.45) is 4.70. The maximum Gasteiger partial charge on any atom is 0.119 e. The number of aliphatic hydroxyl groups excluding tert-OH is 1. The Morgan fingerprint density at radius 3 is 2.95 bits per heavy atom. The van der Waals surface area contributed by atoms with Crippen LogP contribution in [0.25, 0.3) is 0 Å². The van der Waals surface area contributed by atoms with Gasteiger partial charge in [0.15, 0.2) is 0 Å². The van der Waals surface area contributed by atoms with E-state index in [1.54, 1.807) is 7.11 Å². The largest absolute Gasteiger partial charge is 0.497 e. The molecule has 1 heterocycles. The minimum absolute atomic E-state index is 0.468. The lowest BCUT2D eigenvalue weighted by molar-refractivity contribution is 0.112. The summed E-state index contributed by atoms with van der Waals surface area (Å²) < 4.78 is 5.22. The lowest BCUT2D eigenvalue weighted by atomic mass is 10.00. The van der Waals surface area contributed by atoms with Crippen molar-refractivity contribution >= 4 is 0 Å². The molecule has 22 heavy (non-hydrogen) atoms. The molecule has 0 saturated carbocycles. The summed E-state index contributed by atoms with van der Waals surface area (Å²) in [6, 6.07) is 8.39. The normalized spacial score (nSPS) is 21.0. The van der Waals surface area contributed by atoms with E-state index >= 15 is 0 Å². The van der Waals surface area contributed by atoms with Crippen molar-refractivity contribution in [2.24, 2.45) is 0 Å². The Morgan fingerprint density at radius 2 is 2.23 bits per heavy atom. The molecule has 0 aromatic heterocycles. The van der Waals surface area contributed by atoms with Crippen LogP contribution < -0.4 is 4.74 Å². The molecule has 1 aliphatic heterocycles. The molecule has 4 heteroatoms. The van der Waals surface area contributed by atoms with E-state index in [0.29, 0.717) is 12.6 Å². The van der Waals surface area contributed by atoms with Crippen molar-refractivity contribution in [1.82, 2.24) is 9.80 Å². The molecular weight excluding hydrogens is 276 g/mol. The highest BCUT2D eigenvalue weighted by Gasteiger charge is 2.19. The molecule has 0 spiro atoms. The van der Waals surface area contributed by atoms with E-state index in [4.69, 9.17) is 4.74 Å². The Bertz CT molecular complexity index is 452. The second-order valence-electron chi connectivity index (χ2n) is 6.47. The first-order valence-electron chi connectivity index (χ1n) is 8.31. The van der Waals surface area contributed by atoms with Gasteiger partial charge in [0.1, 0.15) is 5.75 Å². The van der Waals surface area contributed by atoms with Crippen LogP contribution in [0.3, 0.4) is 0 Å². The fraction of sp³-hybridized carbons (Fsp3) is 0.667. The van der Waals surface area contributed by atoms with Gasteiger partial charge in [-0.1, -0.05) is 18.6 Å². The minimum Gasteiger partial charge on any atom is -0.497 e. The standard InChI is InChI=1S/C18H30N2O2/c1-19(12-10-16-8-4-5-11-20(16)2)14-18(21)15-7-6-9-17(13-15)22-3/h6-7,9,13,16,18,21H,4-5,8,10-12,14H2,1-3H3. The number of likely N-dealkylation sites (N-methyl/N-ethyl adjacent to an activating group) is 1. The lowest BCUT2D eigenvalue weighted by Gasteiger charge is -2.33. The molecule has 1 aliphatic rings. The zero-order valence-electron chi connectivity index (χ0n) is 14.2. The van der Waals surface area contributed by atoms with Crippen LogP contribution in [0.15, 0.2) is 24.3 Å². The van der Waals surface area contributed by atoms with Gasteiger partial charge in [0, 0.05) is 12.6 Å². The van der Waals surface area contributed by atoms with Crippen LogP contribution in [0.2, 0.25) is 0 Å². The maximum atomic E-state index is 10.4. The van der Waals surface area contributed by atoms with Crippen LogP contribution in [0, 0.1) is 0 Å². The van der Waals surface area contributed by atoms with Crippen LogP contribution in [0.5, 0.6) is 5.75 Å². The third-order valence-corrected chi connectivity index (χ3v) is 4.73. The monoisotopic (exact) mass is 306 g/mol. The van der Waals surface area contributed by atoms with Gasteiger partial charge in [0.2, 0.25) is 0 Å². The Labute approximate surface area is 134 Å². The Morgan fingerprint density at radius 1 is 1.41 bits per heavy atom. The number of likely N-dealkylation sites (tertiary alicyclic amines) is 1. The van der Waals surface area contributed by atoms with Gasteiger partial charge in [0.25, 0.3) is 0 Å². The maximum absolute atomic E-state index is 10.4. The number of piperidine rings is 1. The van der Waals surface area contributed by atoms with Crippen molar-refractivity contribution in [2.75, 3.05) is 40.8 Å². The molecule has 4 nitrogen and oxygen atoms in total. The smallest absolute Gasteiger partial charge is 0.119 e. The number of hydrogen-bond donors (Lipinski definition) is 1. The molecule has 2 rings (SSSR count). The Balaban J connectivity index is 1.79. The van der Waals surface area contributed by atoms with Crippen LogP contribution >= 0.6 is 0 Å². The van der Waals surface area contributed by atoms with Gasteiger partial charge in [-0.3, -0.25) is 0 Å². The highest BCUT2D eigenvalue weighted by molar-refractivity contribution is 5.29. The van der Waals surface area contributed by atoms with Crippen molar-refractivity contribution in [3.05, 3.63) is 29.8 Å². The van der Waals surface area contributed by atoms with Crippen molar-refractivity contribution in [1.29, 1.82) is 0 Å². The van der Waals surface area contributed by atoms with E-state index in [0.717, 1.165) is 17.9 Å². The number of rotatable bonds is 7. The molecule has 1 fully saturated rings. The molecule has 0 amide bonds. The summed E-state index contributed by atoms with van der Waals surface area (Å²) in [7, 11) is 5.97. The van der Waals surface area contributed by atoms with Crippen molar-refractivity contribution in [3.63, 3.8) is 0 Å².